The van der Waals surface area contributed by atoms with E-state index in [1.165, 1.54) is 17.3 Å². The van der Waals surface area contributed by atoms with Gasteiger partial charge in [0.1, 0.15) is 24.0 Å². The van der Waals surface area contributed by atoms with Gasteiger partial charge in [-0.15, -0.1) is 0 Å². The Bertz CT molecular complexity index is 1260. The van der Waals surface area contributed by atoms with Crippen LogP contribution in [0.15, 0.2) is 42.7 Å². The summed E-state index contributed by atoms with van der Waals surface area (Å²) >= 11 is 0. The van der Waals surface area contributed by atoms with Gasteiger partial charge in [0.15, 0.2) is 0 Å². The van der Waals surface area contributed by atoms with E-state index in [-0.39, 0.29) is 11.9 Å². The van der Waals surface area contributed by atoms with Crippen molar-refractivity contribution in [3.63, 3.8) is 0 Å². The van der Waals surface area contributed by atoms with Gasteiger partial charge in [0.25, 0.3) is 5.91 Å². The van der Waals surface area contributed by atoms with E-state index in [9.17, 15) is 9.36 Å². The summed E-state index contributed by atoms with van der Waals surface area (Å²) in [7, 11) is -2.54. The minimum Gasteiger partial charge on any atom is -0.350 e. The van der Waals surface area contributed by atoms with Gasteiger partial charge < -0.3 is 25.8 Å². The largest absolute Gasteiger partial charge is 0.350 e. The molecule has 0 saturated heterocycles. The van der Waals surface area contributed by atoms with Crippen molar-refractivity contribution in [2.24, 2.45) is 0 Å². The smallest absolute Gasteiger partial charge is 0.256 e. The molecule has 10 heteroatoms. The number of pyridine rings is 1. The summed E-state index contributed by atoms with van der Waals surface area (Å²) in [6.45, 7) is 8.95. The van der Waals surface area contributed by atoms with Gasteiger partial charge in [-0.2, -0.15) is 4.98 Å². The summed E-state index contributed by atoms with van der Waals surface area (Å²) < 4.78 is 12.5. The van der Waals surface area contributed by atoms with Crippen molar-refractivity contribution in [2.75, 3.05) is 30.5 Å². The molecule has 0 spiro atoms. The average Bonchev–Trinajstić information content (AvgIpc) is 2.78. The van der Waals surface area contributed by atoms with Crippen LogP contribution in [0.1, 0.15) is 35.3 Å². The van der Waals surface area contributed by atoms with Gasteiger partial charge in [0.2, 0.25) is 5.95 Å². The third-order valence-corrected chi connectivity index (χ3v) is 6.71. The Morgan fingerprint density at radius 1 is 1.06 bits per heavy atom. The van der Waals surface area contributed by atoms with Gasteiger partial charge in [-0.05, 0) is 75.5 Å². The molecule has 34 heavy (non-hydrogen) atoms. The number of hydrogen-bond donors (Lipinski definition) is 4. The molecule has 0 atom stereocenters. The molecule has 1 aromatic carbocycles. The van der Waals surface area contributed by atoms with Crippen molar-refractivity contribution < 1.29 is 9.36 Å². The number of nitrogens with one attached hydrogen (secondary N) is 4. The lowest BCUT2D eigenvalue weighted by molar-refractivity contribution is 0.0943. The van der Waals surface area contributed by atoms with Gasteiger partial charge in [-0.25, -0.2) is 4.98 Å². The van der Waals surface area contributed by atoms with Crippen molar-refractivity contribution in [3.05, 3.63) is 59.4 Å². The Kier molecular flexibility index (Phi) is 6.95. The topological polar surface area (TPSA) is 121 Å². The highest BCUT2D eigenvalue weighted by Gasteiger charge is 2.18. The third kappa shape index (κ3) is 5.79. The molecule has 0 aliphatic carbocycles. The number of carbonyl (C=O) groups is 1. The zero-order valence-corrected chi connectivity index (χ0v) is 20.7. The Morgan fingerprint density at radius 3 is 2.62 bits per heavy atom. The highest BCUT2D eigenvalue weighted by atomic mass is 31.2. The number of carbonyl (C=O) groups excluding carboxylic acids is 1. The fourth-order valence-corrected chi connectivity index (χ4v) is 4.45. The molecule has 0 unspecified atom stereocenters. The molecule has 4 N–H and O–H groups in total. The summed E-state index contributed by atoms with van der Waals surface area (Å²) in [6, 6.07) is 9.63. The van der Waals surface area contributed by atoms with Crippen molar-refractivity contribution in [1.29, 1.82) is 0 Å². The Balaban J connectivity index is 1.66. The first-order valence-electron chi connectivity index (χ1n) is 11.2. The molecule has 0 radical (unpaired) electrons. The normalized spacial score (nSPS) is 13.3. The molecular weight excluding hydrogens is 449 g/mol. The van der Waals surface area contributed by atoms with Crippen LogP contribution in [0.4, 0.5) is 23.1 Å². The SMILES string of the molecule is CC(C)NC(=O)c1cnc(Nc2ccc3c(c2)CCNC3)nc1Nc1ccnc(P(C)(C)=O)c1. The number of rotatable bonds is 7. The van der Waals surface area contributed by atoms with Crippen LogP contribution in [0, 0.1) is 0 Å². The van der Waals surface area contributed by atoms with Crippen LogP contribution in [-0.4, -0.2) is 46.8 Å². The molecule has 3 aromatic rings. The lowest BCUT2D eigenvalue weighted by Gasteiger charge is -2.18. The van der Waals surface area contributed by atoms with Crippen molar-refractivity contribution >= 4 is 41.6 Å². The van der Waals surface area contributed by atoms with Crippen LogP contribution < -0.4 is 26.7 Å². The van der Waals surface area contributed by atoms with Crippen LogP contribution >= 0.6 is 7.14 Å². The lowest BCUT2D eigenvalue weighted by atomic mass is 10.0. The second-order valence-electron chi connectivity index (χ2n) is 9.00. The summed E-state index contributed by atoms with van der Waals surface area (Å²) in [5.41, 5.74) is 4.92. The summed E-state index contributed by atoms with van der Waals surface area (Å²) in [5.74, 6) is 0.427. The number of nitrogens with zero attached hydrogens (tertiary/aromatic N) is 3. The highest BCUT2D eigenvalue weighted by molar-refractivity contribution is 7.69. The van der Waals surface area contributed by atoms with Gasteiger partial charge in [0.05, 0.1) is 0 Å². The monoisotopic (exact) mass is 479 g/mol. The van der Waals surface area contributed by atoms with Gasteiger partial charge in [0, 0.05) is 36.4 Å². The molecular formula is C24H30N7O2P. The molecule has 0 bridgehead atoms. The van der Waals surface area contributed by atoms with Gasteiger partial charge in [-0.1, -0.05) is 6.07 Å². The van der Waals surface area contributed by atoms with E-state index in [1.807, 2.05) is 19.9 Å². The number of aromatic nitrogens is 3. The van der Waals surface area contributed by atoms with E-state index in [2.05, 4.69) is 48.4 Å². The molecule has 3 heterocycles. The maximum atomic E-state index is 12.8. The van der Waals surface area contributed by atoms with Gasteiger partial charge in [-0.3, -0.25) is 9.78 Å². The Labute approximate surface area is 199 Å². The van der Waals surface area contributed by atoms with Gasteiger partial charge >= 0.3 is 0 Å². The summed E-state index contributed by atoms with van der Waals surface area (Å²) in [6.07, 6.45) is 4.06. The number of fused-ring (bicyclic) bond motifs is 1. The molecule has 0 saturated carbocycles. The first kappa shape index (κ1) is 23.9. The highest BCUT2D eigenvalue weighted by Crippen LogP contribution is 2.34. The molecule has 4 rings (SSSR count). The number of hydrogen-bond acceptors (Lipinski definition) is 8. The van der Waals surface area contributed by atoms with Crippen LogP contribution in [0.3, 0.4) is 0 Å². The third-order valence-electron chi connectivity index (χ3n) is 5.36. The minimum absolute atomic E-state index is 0.0401. The van der Waals surface area contributed by atoms with Crippen LogP contribution in [0.2, 0.25) is 0 Å². The summed E-state index contributed by atoms with van der Waals surface area (Å²) in [4.78, 5) is 26.0. The Hall–Kier alpha value is -3.29. The van der Waals surface area contributed by atoms with Crippen LogP contribution in [0.5, 0.6) is 0 Å². The predicted octanol–water partition coefficient (Wildman–Crippen LogP) is 3.39. The predicted molar refractivity (Wildman–Crippen MR) is 136 cm³/mol. The van der Waals surface area contributed by atoms with Crippen molar-refractivity contribution in [1.82, 2.24) is 25.6 Å². The maximum Gasteiger partial charge on any atom is 0.256 e. The van der Waals surface area contributed by atoms with Crippen LogP contribution in [0.25, 0.3) is 0 Å². The maximum absolute atomic E-state index is 12.8. The number of benzene rings is 1. The lowest BCUT2D eigenvalue weighted by Crippen LogP contribution is -2.31. The quantitative estimate of drug-likeness (QED) is 0.381. The van der Waals surface area contributed by atoms with E-state index in [0.29, 0.717) is 28.5 Å². The fourth-order valence-electron chi connectivity index (χ4n) is 3.65. The second-order valence-corrected chi connectivity index (χ2v) is 12.2. The van der Waals surface area contributed by atoms with E-state index >= 15 is 0 Å². The average molecular weight is 480 g/mol. The van der Waals surface area contributed by atoms with Crippen LogP contribution in [-0.2, 0) is 17.5 Å². The number of amides is 1. The fraction of sp³-hybridized carbons (Fsp3) is 0.333. The van der Waals surface area contributed by atoms with E-state index < -0.39 is 7.14 Å². The molecule has 0 fully saturated rings. The van der Waals surface area contributed by atoms with Crippen molar-refractivity contribution in [3.8, 4) is 0 Å². The summed E-state index contributed by atoms with van der Waals surface area (Å²) in [5, 5.41) is 12.7. The first-order valence-corrected chi connectivity index (χ1v) is 13.9. The zero-order valence-electron chi connectivity index (χ0n) is 19.8. The Morgan fingerprint density at radius 2 is 1.85 bits per heavy atom. The van der Waals surface area contributed by atoms with E-state index in [0.717, 1.165) is 25.2 Å². The van der Waals surface area contributed by atoms with E-state index in [4.69, 9.17) is 0 Å². The molecule has 1 amide bonds. The molecule has 2 aromatic heterocycles. The molecule has 1 aliphatic heterocycles. The molecule has 1 aliphatic rings. The standard InChI is InChI=1S/C24H30N7O2P/c1-15(2)28-23(32)20-14-27-24(30-18-6-5-17-13-25-9-7-16(17)11-18)31-22(20)29-19-8-10-26-21(12-19)34(3,4)33/h5-6,8,10-12,14-15,25H,7,9,13H2,1-4H3,(H,28,32)(H2,26,27,29,30,31). The van der Waals surface area contributed by atoms with E-state index in [1.54, 1.807) is 31.7 Å². The molecule has 178 valence electrons. The van der Waals surface area contributed by atoms with Crippen molar-refractivity contribution in [2.45, 2.75) is 32.9 Å². The number of anilines is 4. The minimum atomic E-state index is -2.54. The first-order chi connectivity index (χ1) is 16.2. The molecule has 9 nitrogen and oxygen atoms in total. The second kappa shape index (κ2) is 9.91. The zero-order chi connectivity index (χ0) is 24.3.